The van der Waals surface area contributed by atoms with Crippen LogP contribution in [0.15, 0.2) is 24.3 Å². The van der Waals surface area contributed by atoms with Gasteiger partial charge in [-0.2, -0.15) is 0 Å². The number of imidazole rings is 1. The van der Waals surface area contributed by atoms with Crippen molar-refractivity contribution in [3.05, 3.63) is 47.7 Å². The summed E-state index contributed by atoms with van der Waals surface area (Å²) in [5.74, 6) is 0.866. The van der Waals surface area contributed by atoms with E-state index in [2.05, 4.69) is 97.5 Å². The highest BCUT2D eigenvalue weighted by Gasteiger charge is 2.28. The van der Waals surface area contributed by atoms with Gasteiger partial charge in [0, 0.05) is 23.8 Å². The zero-order chi connectivity index (χ0) is 21.1. The van der Waals surface area contributed by atoms with Gasteiger partial charge >= 0.3 is 0 Å². The molecular formula is C24H34N4. The number of nitrogens with zero attached hydrogens (tertiary/aromatic N) is 4. The predicted molar refractivity (Wildman–Crippen MR) is 115 cm³/mol. The van der Waals surface area contributed by atoms with Crippen LogP contribution < -0.4 is 4.57 Å². The highest BCUT2D eigenvalue weighted by molar-refractivity contribution is 5.72. The second-order valence-corrected chi connectivity index (χ2v) is 10.9. The number of hydrogen-bond donors (Lipinski definition) is 0. The van der Waals surface area contributed by atoms with Crippen LogP contribution in [-0.2, 0) is 23.3 Å². The van der Waals surface area contributed by atoms with E-state index >= 15 is 0 Å². The summed E-state index contributed by atoms with van der Waals surface area (Å²) in [5, 5.41) is 0. The van der Waals surface area contributed by atoms with Crippen LogP contribution in [0.5, 0.6) is 0 Å². The van der Waals surface area contributed by atoms with Crippen LogP contribution in [0.4, 0.5) is 0 Å². The molecule has 3 aromatic rings. The number of aromatic nitrogens is 4. The van der Waals surface area contributed by atoms with Gasteiger partial charge in [0.1, 0.15) is 0 Å². The molecule has 150 valence electrons. The van der Waals surface area contributed by atoms with Gasteiger partial charge in [0.15, 0.2) is 17.8 Å². The summed E-state index contributed by atoms with van der Waals surface area (Å²) in [7, 11) is 2.03. The van der Waals surface area contributed by atoms with Crippen molar-refractivity contribution >= 4 is 11.2 Å². The average Bonchev–Trinajstić information content (AvgIpc) is 2.89. The number of fused-ring (bicyclic) bond motifs is 1. The maximum absolute atomic E-state index is 5.01. The lowest BCUT2D eigenvalue weighted by Crippen LogP contribution is -2.32. The lowest BCUT2D eigenvalue weighted by atomic mass is 9.87. The summed E-state index contributed by atoms with van der Waals surface area (Å²) in [6, 6.07) is 8.67. The third-order valence-electron chi connectivity index (χ3n) is 5.01. The molecule has 0 amide bonds. The van der Waals surface area contributed by atoms with E-state index in [0.717, 1.165) is 28.4 Å². The minimum Gasteiger partial charge on any atom is -0.346 e. The smallest absolute Gasteiger partial charge is 0.197 e. The Morgan fingerprint density at radius 2 is 1.50 bits per heavy atom. The molecule has 0 aliphatic carbocycles. The summed E-state index contributed by atoms with van der Waals surface area (Å²) in [4.78, 5) is 10.0. The van der Waals surface area contributed by atoms with Crippen molar-refractivity contribution in [2.45, 2.75) is 78.6 Å². The Balaban J connectivity index is 2.38. The second-order valence-electron chi connectivity index (χ2n) is 10.9. The molecular weight excluding hydrogens is 344 g/mol. The van der Waals surface area contributed by atoms with Crippen molar-refractivity contribution < 1.29 is 4.57 Å². The molecule has 0 spiro atoms. The SMILES string of the molecule is Cn1[c-][n+](-c2cccc(C(C)(C)C)c2)c2nc(C(C)(C)C)nc(C(C)(C)C)c21. The fourth-order valence-electron chi connectivity index (χ4n) is 3.30. The van der Waals surface area contributed by atoms with Crippen LogP contribution in [0.25, 0.3) is 16.9 Å². The van der Waals surface area contributed by atoms with Crippen LogP contribution in [-0.4, -0.2) is 14.5 Å². The van der Waals surface area contributed by atoms with E-state index in [1.807, 2.05) is 11.6 Å². The Labute approximate surface area is 169 Å². The molecule has 4 nitrogen and oxygen atoms in total. The van der Waals surface area contributed by atoms with Crippen molar-refractivity contribution in [3.8, 4) is 5.69 Å². The zero-order valence-corrected chi connectivity index (χ0v) is 19.1. The monoisotopic (exact) mass is 378 g/mol. The molecule has 0 saturated heterocycles. The van der Waals surface area contributed by atoms with E-state index in [9.17, 15) is 0 Å². The van der Waals surface area contributed by atoms with Gasteiger partial charge in [-0.1, -0.05) is 86.6 Å². The molecule has 0 N–H and O–H groups in total. The quantitative estimate of drug-likeness (QED) is 0.444. The third-order valence-corrected chi connectivity index (χ3v) is 5.01. The molecule has 1 aromatic carbocycles. The van der Waals surface area contributed by atoms with E-state index in [0.29, 0.717) is 0 Å². The van der Waals surface area contributed by atoms with Crippen LogP contribution >= 0.6 is 0 Å². The van der Waals surface area contributed by atoms with Crippen molar-refractivity contribution in [3.63, 3.8) is 0 Å². The molecule has 2 heterocycles. The van der Waals surface area contributed by atoms with Crippen LogP contribution in [0, 0.1) is 6.33 Å². The lowest BCUT2D eigenvalue weighted by molar-refractivity contribution is -0.575. The van der Waals surface area contributed by atoms with Crippen LogP contribution in [0.2, 0.25) is 0 Å². The Morgan fingerprint density at radius 3 is 2.04 bits per heavy atom. The van der Waals surface area contributed by atoms with E-state index in [4.69, 9.17) is 9.97 Å². The molecule has 0 radical (unpaired) electrons. The Kier molecular flexibility index (Phi) is 4.68. The van der Waals surface area contributed by atoms with Crippen molar-refractivity contribution in [1.29, 1.82) is 0 Å². The standard InChI is InChI=1S/C24H34N4/c1-22(2,3)16-12-11-13-17(14-16)28-15-27(10)18-19(23(4,5)6)25-21(24(7,8)9)26-20(18)28/h11-14H,1-10H3. The van der Waals surface area contributed by atoms with Crippen LogP contribution in [0.3, 0.4) is 0 Å². The number of hydrogen-bond acceptors (Lipinski definition) is 2. The van der Waals surface area contributed by atoms with Gasteiger partial charge < -0.3 is 9.13 Å². The van der Waals surface area contributed by atoms with Gasteiger partial charge in [-0.25, -0.2) is 4.98 Å². The summed E-state index contributed by atoms with van der Waals surface area (Å²) in [6.45, 7) is 19.8. The van der Waals surface area contributed by atoms with E-state index in [1.165, 1.54) is 5.56 Å². The highest BCUT2D eigenvalue weighted by Crippen LogP contribution is 2.30. The third kappa shape index (κ3) is 3.69. The first-order valence-electron chi connectivity index (χ1n) is 10.0. The number of rotatable bonds is 1. The molecule has 0 saturated carbocycles. The van der Waals surface area contributed by atoms with Gasteiger partial charge in [-0.3, -0.25) is 0 Å². The first kappa shape index (κ1) is 20.5. The summed E-state index contributed by atoms with van der Waals surface area (Å²) in [6.07, 6.45) is 3.47. The topological polar surface area (TPSA) is 34.6 Å². The summed E-state index contributed by atoms with van der Waals surface area (Å²) < 4.78 is 4.11. The predicted octanol–water partition coefficient (Wildman–Crippen LogP) is 4.94. The average molecular weight is 379 g/mol. The second kappa shape index (κ2) is 6.40. The largest absolute Gasteiger partial charge is 0.346 e. The maximum atomic E-state index is 5.01. The first-order valence-corrected chi connectivity index (χ1v) is 10.0. The van der Waals surface area contributed by atoms with Gasteiger partial charge in [0.25, 0.3) is 0 Å². The minimum absolute atomic E-state index is 0.0866. The molecule has 2 aromatic heterocycles. The normalized spacial score (nSPS) is 13.4. The fourth-order valence-corrected chi connectivity index (χ4v) is 3.30. The molecule has 0 bridgehead atoms. The van der Waals surface area contributed by atoms with Gasteiger partial charge in [-0.05, 0) is 16.4 Å². The Morgan fingerprint density at radius 1 is 0.857 bits per heavy atom. The van der Waals surface area contributed by atoms with Gasteiger partial charge in [0.2, 0.25) is 0 Å². The Bertz CT molecular complexity index is 1020. The maximum Gasteiger partial charge on any atom is 0.197 e. The summed E-state index contributed by atoms with van der Waals surface area (Å²) >= 11 is 0. The summed E-state index contributed by atoms with van der Waals surface area (Å²) in [5.41, 5.74) is 5.26. The van der Waals surface area contributed by atoms with E-state index < -0.39 is 0 Å². The molecule has 0 aliphatic heterocycles. The Hall–Kier alpha value is -2.23. The zero-order valence-electron chi connectivity index (χ0n) is 19.1. The fraction of sp³-hybridized carbons (Fsp3) is 0.542. The first-order chi connectivity index (χ1) is 12.7. The van der Waals surface area contributed by atoms with Gasteiger partial charge in [-0.15, -0.1) is 4.98 Å². The van der Waals surface area contributed by atoms with E-state index in [-0.39, 0.29) is 16.2 Å². The van der Waals surface area contributed by atoms with Crippen molar-refractivity contribution in [2.75, 3.05) is 0 Å². The van der Waals surface area contributed by atoms with Gasteiger partial charge in [0.05, 0.1) is 5.52 Å². The molecule has 4 heteroatoms. The molecule has 0 fully saturated rings. The highest BCUT2D eigenvalue weighted by atomic mass is 15.2. The van der Waals surface area contributed by atoms with Crippen molar-refractivity contribution in [1.82, 2.24) is 14.5 Å². The number of benzene rings is 1. The van der Waals surface area contributed by atoms with Crippen LogP contribution in [0.1, 0.15) is 79.4 Å². The molecule has 28 heavy (non-hydrogen) atoms. The van der Waals surface area contributed by atoms with E-state index in [1.54, 1.807) is 0 Å². The number of aryl methyl sites for hydroxylation is 1. The van der Waals surface area contributed by atoms with Crippen molar-refractivity contribution in [2.24, 2.45) is 7.05 Å². The molecule has 0 unspecified atom stereocenters. The molecule has 0 aliphatic rings. The minimum atomic E-state index is -0.130. The molecule has 0 atom stereocenters. The lowest BCUT2D eigenvalue weighted by Gasteiger charge is -2.24. The molecule has 3 rings (SSSR count).